The second-order valence-electron chi connectivity index (χ2n) is 5.77. The third kappa shape index (κ3) is 5.38. The maximum atomic E-state index is 13.1. The summed E-state index contributed by atoms with van der Waals surface area (Å²) >= 11 is 0. The Morgan fingerprint density at radius 2 is 1.82 bits per heavy atom. The Balaban J connectivity index is 1.56. The fourth-order valence-corrected chi connectivity index (χ4v) is 3.35. The Hall–Kier alpha value is -3.23. The highest BCUT2D eigenvalue weighted by Gasteiger charge is 2.13. The molecule has 8 heteroatoms. The summed E-state index contributed by atoms with van der Waals surface area (Å²) < 4.78 is 45.4. The molecule has 0 atom stereocenters. The van der Waals surface area contributed by atoms with E-state index < -0.39 is 21.7 Å². The van der Waals surface area contributed by atoms with E-state index in [1.54, 1.807) is 36.4 Å². The Bertz CT molecular complexity index is 1090. The van der Waals surface area contributed by atoms with E-state index in [0.717, 1.165) is 0 Å². The molecular weight excluding hydrogens is 383 g/mol. The van der Waals surface area contributed by atoms with Gasteiger partial charge in [0, 0.05) is 11.8 Å². The predicted molar refractivity (Wildman–Crippen MR) is 103 cm³/mol. The van der Waals surface area contributed by atoms with Crippen molar-refractivity contribution in [2.75, 3.05) is 5.32 Å². The molecule has 0 unspecified atom stereocenters. The van der Waals surface area contributed by atoms with Crippen molar-refractivity contribution in [3.05, 3.63) is 90.1 Å². The van der Waals surface area contributed by atoms with Gasteiger partial charge in [-0.1, -0.05) is 24.3 Å². The normalized spacial score (nSPS) is 11.6. The largest absolute Gasteiger partial charge is 0.460 e. The van der Waals surface area contributed by atoms with Crippen LogP contribution in [0.15, 0.2) is 82.1 Å². The molecule has 6 nitrogen and oxygen atoms in total. The highest BCUT2D eigenvalue weighted by Crippen LogP contribution is 2.13. The second-order valence-corrected chi connectivity index (χ2v) is 7.54. The standard InChI is InChI=1S/C20H17FN2O4S/c21-15-5-4-6-16(13-15)23-20(24)12-11-17-9-10-18(27-17)14-22-28(25,26)19-7-2-1-3-8-19/h1-13,22H,14H2,(H,23,24)/b12-11+. The summed E-state index contributed by atoms with van der Waals surface area (Å²) in [5.41, 5.74) is 0.338. The lowest BCUT2D eigenvalue weighted by Crippen LogP contribution is -2.22. The van der Waals surface area contributed by atoms with Crippen LogP contribution in [0.1, 0.15) is 11.5 Å². The molecule has 144 valence electrons. The van der Waals surface area contributed by atoms with E-state index in [2.05, 4.69) is 10.0 Å². The van der Waals surface area contributed by atoms with Gasteiger partial charge in [-0.25, -0.2) is 17.5 Å². The summed E-state index contributed by atoms with van der Waals surface area (Å²) in [6, 6.07) is 16.8. The number of rotatable bonds is 7. The van der Waals surface area contributed by atoms with Gasteiger partial charge in [0.05, 0.1) is 11.4 Å². The first kappa shape index (κ1) is 19.5. The van der Waals surface area contributed by atoms with Gasteiger partial charge >= 0.3 is 0 Å². The smallest absolute Gasteiger partial charge is 0.248 e. The molecule has 0 saturated carbocycles. The van der Waals surface area contributed by atoms with Crippen LogP contribution in [0.25, 0.3) is 6.08 Å². The van der Waals surface area contributed by atoms with Crippen molar-refractivity contribution in [3.8, 4) is 0 Å². The fraction of sp³-hybridized carbons (Fsp3) is 0.0500. The highest BCUT2D eigenvalue weighted by atomic mass is 32.2. The highest BCUT2D eigenvalue weighted by molar-refractivity contribution is 7.89. The number of hydrogen-bond donors (Lipinski definition) is 2. The van der Waals surface area contributed by atoms with Gasteiger partial charge in [0.15, 0.2) is 0 Å². The lowest BCUT2D eigenvalue weighted by atomic mass is 10.3. The summed E-state index contributed by atoms with van der Waals surface area (Å²) in [4.78, 5) is 12.0. The third-order valence-corrected chi connectivity index (χ3v) is 5.08. The van der Waals surface area contributed by atoms with E-state index in [1.165, 1.54) is 42.5 Å². The number of nitrogens with one attached hydrogen (secondary N) is 2. The Kier molecular flexibility index (Phi) is 6.03. The molecule has 0 fully saturated rings. The summed E-state index contributed by atoms with van der Waals surface area (Å²) in [5.74, 6) is -0.128. The lowest BCUT2D eigenvalue weighted by molar-refractivity contribution is -0.111. The molecule has 1 aromatic heterocycles. The quantitative estimate of drug-likeness (QED) is 0.594. The van der Waals surface area contributed by atoms with E-state index in [9.17, 15) is 17.6 Å². The second kappa shape index (κ2) is 8.64. The van der Waals surface area contributed by atoms with Gasteiger partial charge in [-0.15, -0.1) is 0 Å². The molecule has 0 saturated heterocycles. The van der Waals surface area contributed by atoms with Crippen LogP contribution < -0.4 is 10.0 Å². The van der Waals surface area contributed by atoms with Gasteiger partial charge in [-0.3, -0.25) is 4.79 Å². The number of sulfonamides is 1. The van der Waals surface area contributed by atoms with Crippen molar-refractivity contribution < 1.29 is 22.0 Å². The minimum atomic E-state index is -3.64. The minimum Gasteiger partial charge on any atom is -0.460 e. The van der Waals surface area contributed by atoms with Crippen LogP contribution in [0.2, 0.25) is 0 Å². The number of anilines is 1. The van der Waals surface area contributed by atoms with E-state index in [0.29, 0.717) is 17.2 Å². The molecule has 0 aliphatic heterocycles. The van der Waals surface area contributed by atoms with E-state index in [-0.39, 0.29) is 11.4 Å². The number of amides is 1. The van der Waals surface area contributed by atoms with Crippen LogP contribution >= 0.6 is 0 Å². The number of carbonyl (C=O) groups excluding carboxylic acids is 1. The van der Waals surface area contributed by atoms with Crippen LogP contribution in [-0.2, 0) is 21.4 Å². The predicted octanol–water partition coefficient (Wildman–Crippen LogP) is 3.55. The van der Waals surface area contributed by atoms with Crippen LogP contribution in [0.3, 0.4) is 0 Å². The Morgan fingerprint density at radius 1 is 1.04 bits per heavy atom. The van der Waals surface area contributed by atoms with E-state index >= 15 is 0 Å². The molecular formula is C20H17FN2O4S. The first-order valence-electron chi connectivity index (χ1n) is 8.30. The number of benzene rings is 2. The van der Waals surface area contributed by atoms with Gasteiger partial charge in [0.2, 0.25) is 15.9 Å². The molecule has 3 aromatic rings. The molecule has 3 rings (SSSR count). The summed E-state index contributed by atoms with van der Waals surface area (Å²) in [6.07, 6.45) is 2.67. The van der Waals surface area contributed by atoms with Gasteiger partial charge in [0.1, 0.15) is 17.3 Å². The van der Waals surface area contributed by atoms with Crippen molar-refractivity contribution >= 4 is 27.7 Å². The molecule has 1 heterocycles. The topological polar surface area (TPSA) is 88.4 Å². The van der Waals surface area contributed by atoms with Gasteiger partial charge < -0.3 is 9.73 Å². The number of halogens is 1. The summed E-state index contributed by atoms with van der Waals surface area (Å²) in [6.45, 7) is -0.0272. The van der Waals surface area contributed by atoms with Crippen molar-refractivity contribution in [3.63, 3.8) is 0 Å². The number of carbonyl (C=O) groups is 1. The van der Waals surface area contributed by atoms with Gasteiger partial charge in [-0.05, 0) is 48.5 Å². The van der Waals surface area contributed by atoms with Crippen LogP contribution in [0.4, 0.5) is 10.1 Å². The molecule has 0 spiro atoms. The Labute approximate surface area is 161 Å². The average molecular weight is 400 g/mol. The van der Waals surface area contributed by atoms with E-state index in [1.807, 2.05) is 0 Å². The van der Waals surface area contributed by atoms with Crippen LogP contribution in [-0.4, -0.2) is 14.3 Å². The van der Waals surface area contributed by atoms with E-state index in [4.69, 9.17) is 4.42 Å². The zero-order valence-electron chi connectivity index (χ0n) is 14.6. The monoisotopic (exact) mass is 400 g/mol. The maximum absolute atomic E-state index is 13.1. The maximum Gasteiger partial charge on any atom is 0.248 e. The molecule has 2 N–H and O–H groups in total. The number of hydrogen-bond acceptors (Lipinski definition) is 4. The van der Waals surface area contributed by atoms with Crippen LogP contribution in [0.5, 0.6) is 0 Å². The fourth-order valence-electron chi connectivity index (χ4n) is 2.34. The number of furan rings is 1. The lowest BCUT2D eigenvalue weighted by Gasteiger charge is -2.04. The average Bonchev–Trinajstić information content (AvgIpc) is 3.14. The first-order chi connectivity index (χ1) is 13.4. The van der Waals surface area contributed by atoms with Gasteiger partial charge in [0.25, 0.3) is 0 Å². The van der Waals surface area contributed by atoms with Crippen molar-refractivity contribution in [1.29, 1.82) is 0 Å². The molecule has 2 aromatic carbocycles. The van der Waals surface area contributed by atoms with Crippen LogP contribution in [0, 0.1) is 5.82 Å². The summed E-state index contributed by atoms with van der Waals surface area (Å²) in [7, 11) is -3.64. The van der Waals surface area contributed by atoms with Crippen molar-refractivity contribution in [1.82, 2.24) is 4.72 Å². The molecule has 0 aliphatic rings. The molecule has 28 heavy (non-hydrogen) atoms. The van der Waals surface area contributed by atoms with Gasteiger partial charge in [-0.2, -0.15) is 0 Å². The molecule has 0 bridgehead atoms. The molecule has 0 aliphatic carbocycles. The minimum absolute atomic E-state index is 0.0272. The molecule has 0 radical (unpaired) electrons. The molecule has 1 amide bonds. The zero-order chi connectivity index (χ0) is 20.0. The van der Waals surface area contributed by atoms with Crippen molar-refractivity contribution in [2.45, 2.75) is 11.4 Å². The Morgan fingerprint density at radius 3 is 2.57 bits per heavy atom. The zero-order valence-corrected chi connectivity index (χ0v) is 15.4. The van der Waals surface area contributed by atoms with Crippen molar-refractivity contribution in [2.24, 2.45) is 0 Å². The SMILES string of the molecule is O=C(/C=C/c1ccc(CNS(=O)(=O)c2ccccc2)o1)Nc1cccc(F)c1. The summed E-state index contributed by atoms with van der Waals surface area (Å²) in [5, 5.41) is 2.52. The first-order valence-corrected chi connectivity index (χ1v) is 9.79. The third-order valence-electron chi connectivity index (χ3n) is 3.66.